The number of halogens is 2. The Morgan fingerprint density at radius 2 is 1.81 bits per heavy atom. The summed E-state index contributed by atoms with van der Waals surface area (Å²) in [7, 11) is 1.63. The number of hydrogen-bond acceptors (Lipinski definition) is 7. The number of aromatic nitrogens is 3. The van der Waals surface area contributed by atoms with E-state index in [0.29, 0.717) is 37.5 Å². The molecule has 1 N–H and O–H groups in total. The summed E-state index contributed by atoms with van der Waals surface area (Å²) < 4.78 is 41.2. The zero-order valence-corrected chi connectivity index (χ0v) is 20.6. The lowest BCUT2D eigenvalue weighted by atomic mass is 9.93. The van der Waals surface area contributed by atoms with Crippen LogP contribution in [0, 0.1) is 18.6 Å². The monoisotopic (exact) mass is 509 g/mol. The van der Waals surface area contributed by atoms with E-state index in [1.54, 1.807) is 58.3 Å². The lowest BCUT2D eigenvalue weighted by Crippen LogP contribution is -2.16. The molecule has 0 unspecified atom stereocenters. The largest absolute Gasteiger partial charge is 0.454 e. The molecule has 5 aromatic rings. The van der Waals surface area contributed by atoms with E-state index in [0.717, 1.165) is 12.1 Å². The molecule has 0 spiro atoms. The molecule has 0 aliphatic rings. The molecule has 0 atom stereocenters. The van der Waals surface area contributed by atoms with Gasteiger partial charge in [-0.2, -0.15) is 0 Å². The first-order valence-electron chi connectivity index (χ1n) is 10.9. The number of rotatable bonds is 5. The van der Waals surface area contributed by atoms with Gasteiger partial charge in [-0.1, -0.05) is 6.07 Å². The maximum Gasteiger partial charge on any atom is 0.268 e. The molecule has 0 aliphatic heterocycles. The maximum atomic E-state index is 14.4. The first-order valence-corrected chi connectivity index (χ1v) is 11.8. The lowest BCUT2D eigenvalue weighted by molar-refractivity contribution is 0.0786. The van der Waals surface area contributed by atoms with Gasteiger partial charge in [0.2, 0.25) is 5.89 Å². The van der Waals surface area contributed by atoms with Crippen molar-refractivity contribution in [3.05, 3.63) is 82.1 Å². The van der Waals surface area contributed by atoms with Crippen LogP contribution in [0.5, 0.6) is 11.5 Å². The number of pyridine rings is 1. The second-order valence-electron chi connectivity index (χ2n) is 8.89. The highest BCUT2D eigenvalue weighted by Gasteiger charge is 2.23. The highest BCUT2D eigenvalue weighted by molar-refractivity contribution is 7.22. The highest BCUT2D eigenvalue weighted by atomic mass is 32.1. The van der Waals surface area contributed by atoms with Crippen LogP contribution in [0.4, 0.5) is 8.78 Å². The third-order valence-corrected chi connectivity index (χ3v) is 6.80. The number of nitrogens with zero attached hydrogens (tertiary/aromatic N) is 3. The van der Waals surface area contributed by atoms with Crippen molar-refractivity contribution in [1.29, 1.82) is 0 Å². The molecule has 0 saturated heterocycles. The minimum Gasteiger partial charge on any atom is -0.454 e. The van der Waals surface area contributed by atoms with Crippen molar-refractivity contribution in [1.82, 2.24) is 14.8 Å². The van der Waals surface area contributed by atoms with E-state index in [4.69, 9.17) is 9.15 Å². The minimum atomic E-state index is -1.19. The number of benzene rings is 2. The Bertz CT molecular complexity index is 1680. The molecule has 0 fully saturated rings. The zero-order valence-electron chi connectivity index (χ0n) is 19.8. The van der Waals surface area contributed by atoms with Gasteiger partial charge >= 0.3 is 0 Å². The Hall–Kier alpha value is -3.89. The molecule has 5 rings (SSSR count). The van der Waals surface area contributed by atoms with Crippen LogP contribution in [0.2, 0.25) is 0 Å². The SMILES string of the molecule is Cc1nnc(-c2cc3c(-c4cc(C(C)(C)O)ccc4Oc4ccc(F)cc4F)cn(C)c(=O)c3s2)o1. The molecule has 7 nitrogen and oxygen atoms in total. The van der Waals surface area contributed by atoms with Crippen LogP contribution in [-0.2, 0) is 12.6 Å². The summed E-state index contributed by atoms with van der Waals surface area (Å²) >= 11 is 1.22. The van der Waals surface area contributed by atoms with Gasteiger partial charge in [0.1, 0.15) is 16.3 Å². The van der Waals surface area contributed by atoms with Crippen LogP contribution in [0.3, 0.4) is 0 Å². The van der Waals surface area contributed by atoms with Crippen LogP contribution in [0.25, 0.3) is 32.0 Å². The Morgan fingerprint density at radius 1 is 1.06 bits per heavy atom. The second kappa shape index (κ2) is 8.65. The fourth-order valence-electron chi connectivity index (χ4n) is 3.83. The number of aryl methyl sites for hydroxylation is 2. The van der Waals surface area contributed by atoms with Crippen LogP contribution < -0.4 is 10.3 Å². The second-order valence-corrected chi connectivity index (χ2v) is 9.94. The highest BCUT2D eigenvalue weighted by Crippen LogP contribution is 2.42. The van der Waals surface area contributed by atoms with Gasteiger partial charge in [-0.15, -0.1) is 21.5 Å². The third kappa shape index (κ3) is 4.29. The summed E-state index contributed by atoms with van der Waals surface area (Å²) in [5, 5.41) is 19.2. The molecule has 184 valence electrons. The molecule has 0 saturated carbocycles. The summed E-state index contributed by atoms with van der Waals surface area (Å²) in [6.45, 7) is 4.96. The predicted octanol–water partition coefficient (Wildman–Crippen LogP) is 5.92. The van der Waals surface area contributed by atoms with Gasteiger partial charge in [-0.05, 0) is 49.7 Å². The molecular weight excluding hydrogens is 488 g/mol. The van der Waals surface area contributed by atoms with E-state index in [-0.39, 0.29) is 22.9 Å². The van der Waals surface area contributed by atoms with Gasteiger partial charge < -0.3 is 18.8 Å². The number of hydrogen-bond donors (Lipinski definition) is 1. The zero-order chi connectivity index (χ0) is 25.8. The fraction of sp³-hybridized carbons (Fsp3) is 0.192. The quantitative estimate of drug-likeness (QED) is 0.316. The minimum absolute atomic E-state index is 0.165. The number of fused-ring (bicyclic) bond motifs is 1. The van der Waals surface area contributed by atoms with Crippen LogP contribution in [-0.4, -0.2) is 19.9 Å². The van der Waals surface area contributed by atoms with Crippen LogP contribution in [0.15, 0.2) is 57.9 Å². The van der Waals surface area contributed by atoms with Gasteiger partial charge in [0.25, 0.3) is 11.4 Å². The summed E-state index contributed by atoms with van der Waals surface area (Å²) in [6, 6.07) is 9.83. The van der Waals surface area contributed by atoms with Crippen molar-refractivity contribution in [2.45, 2.75) is 26.4 Å². The number of aliphatic hydroxyl groups is 1. The molecule has 3 heterocycles. The first kappa shape index (κ1) is 23.8. The van der Waals surface area contributed by atoms with E-state index in [1.165, 1.54) is 22.0 Å². The smallest absolute Gasteiger partial charge is 0.268 e. The first-order chi connectivity index (χ1) is 17.0. The summed E-state index contributed by atoms with van der Waals surface area (Å²) in [5.41, 5.74) is 0.288. The van der Waals surface area contributed by atoms with Crippen LogP contribution in [0.1, 0.15) is 25.3 Å². The average molecular weight is 510 g/mol. The summed E-state index contributed by atoms with van der Waals surface area (Å²) in [4.78, 5) is 13.6. The molecule has 0 amide bonds. The van der Waals surface area contributed by atoms with Gasteiger partial charge in [-0.3, -0.25) is 4.79 Å². The van der Waals surface area contributed by atoms with Gasteiger partial charge in [-0.25, -0.2) is 8.78 Å². The Labute approximate surface area is 208 Å². The predicted molar refractivity (Wildman–Crippen MR) is 132 cm³/mol. The summed E-state index contributed by atoms with van der Waals surface area (Å²) in [5.74, 6) is -0.804. The molecule has 10 heteroatoms. The molecule has 0 radical (unpaired) electrons. The topological polar surface area (TPSA) is 90.4 Å². The molecule has 36 heavy (non-hydrogen) atoms. The number of thiophene rings is 1. The van der Waals surface area contributed by atoms with Gasteiger partial charge in [0.15, 0.2) is 11.6 Å². The number of ether oxygens (including phenoxy) is 1. The molecule has 0 bridgehead atoms. The molecule has 2 aromatic carbocycles. The summed E-state index contributed by atoms with van der Waals surface area (Å²) in [6.07, 6.45) is 1.65. The van der Waals surface area contributed by atoms with E-state index >= 15 is 0 Å². The average Bonchev–Trinajstić information content (AvgIpc) is 3.44. The van der Waals surface area contributed by atoms with E-state index in [2.05, 4.69) is 10.2 Å². The Morgan fingerprint density at radius 3 is 2.47 bits per heavy atom. The Kier molecular flexibility index (Phi) is 5.73. The van der Waals surface area contributed by atoms with Crippen molar-refractivity contribution >= 4 is 21.4 Å². The standard InChI is InChI=1S/C26H21F2N3O4S/c1-13-29-30-24(34-13)22-11-17-18(12-31(4)25(32)23(17)36-22)16-9-14(26(2,3)33)5-7-20(16)35-21-8-6-15(27)10-19(21)28/h5-12,33H,1-4H3. The van der Waals surface area contributed by atoms with E-state index in [9.17, 15) is 18.7 Å². The third-order valence-electron chi connectivity index (χ3n) is 5.69. The van der Waals surface area contributed by atoms with E-state index in [1.807, 2.05) is 0 Å². The van der Waals surface area contributed by atoms with Crippen LogP contribution >= 0.6 is 11.3 Å². The van der Waals surface area contributed by atoms with Crippen molar-refractivity contribution in [2.75, 3.05) is 0 Å². The van der Waals surface area contributed by atoms with Gasteiger partial charge in [0.05, 0.1) is 10.5 Å². The van der Waals surface area contributed by atoms with Crippen molar-refractivity contribution in [3.63, 3.8) is 0 Å². The van der Waals surface area contributed by atoms with Crippen molar-refractivity contribution in [3.8, 4) is 33.4 Å². The maximum absolute atomic E-state index is 14.4. The molecular formula is C26H21F2N3O4S. The van der Waals surface area contributed by atoms with Gasteiger partial charge in [0, 0.05) is 42.7 Å². The van der Waals surface area contributed by atoms with E-state index < -0.39 is 17.2 Å². The fourth-order valence-corrected chi connectivity index (χ4v) is 4.91. The molecule has 0 aliphatic carbocycles. The Balaban J connectivity index is 1.76. The van der Waals surface area contributed by atoms with Crippen molar-refractivity contribution in [2.24, 2.45) is 7.05 Å². The normalized spacial score (nSPS) is 11.9. The molecule has 3 aromatic heterocycles. The lowest BCUT2D eigenvalue weighted by Gasteiger charge is -2.21. The van der Waals surface area contributed by atoms with Crippen molar-refractivity contribution < 1.29 is 23.0 Å².